The van der Waals surface area contributed by atoms with Crippen molar-refractivity contribution in [2.24, 2.45) is 5.92 Å². The van der Waals surface area contributed by atoms with Gasteiger partial charge in [-0.15, -0.1) is 0 Å². The Morgan fingerprint density at radius 1 is 1.38 bits per heavy atom. The number of amidine groups is 1. The van der Waals surface area contributed by atoms with Gasteiger partial charge >= 0.3 is 0 Å². The van der Waals surface area contributed by atoms with Crippen molar-refractivity contribution in [2.75, 3.05) is 17.6 Å². The number of nitrogen functional groups attached to an aromatic ring is 1. The predicted octanol–water partition coefficient (Wildman–Crippen LogP) is 2.51. The van der Waals surface area contributed by atoms with E-state index in [0.29, 0.717) is 47.7 Å². The highest BCUT2D eigenvalue weighted by Crippen LogP contribution is 2.23. The van der Waals surface area contributed by atoms with Crippen LogP contribution >= 0.6 is 0 Å². The zero-order valence-corrected chi connectivity index (χ0v) is 14.1. The SMILES string of the molecule is N=CN1CC(C(=O)Nc2ccc(N)c(C(=N)c3ccoc3)c2)CCC1=N. The van der Waals surface area contributed by atoms with Gasteiger partial charge in [-0.2, -0.15) is 0 Å². The molecule has 1 aromatic heterocycles. The molecule has 0 radical (unpaired) electrons. The Balaban J connectivity index is 1.75. The Kier molecular flexibility index (Phi) is 4.83. The summed E-state index contributed by atoms with van der Waals surface area (Å²) in [6, 6.07) is 6.69. The standard InChI is InChI=1S/C18H20N6O2/c19-10-24-8-11(1-4-16(24)21)18(25)23-13-2-3-15(20)14(7-13)17(22)12-5-6-26-9-12/h2-3,5-7,9-11,19,21-22H,1,4,8,20H2,(H,23,25). The number of hydrogen-bond acceptors (Lipinski definition) is 6. The van der Waals surface area contributed by atoms with Gasteiger partial charge < -0.3 is 20.4 Å². The van der Waals surface area contributed by atoms with Crippen LogP contribution in [0.25, 0.3) is 0 Å². The second-order valence-electron chi connectivity index (χ2n) is 6.14. The van der Waals surface area contributed by atoms with Crippen LogP contribution in [0.4, 0.5) is 11.4 Å². The lowest BCUT2D eigenvalue weighted by molar-refractivity contribution is -0.120. The molecule has 1 atom stereocenters. The molecule has 0 bridgehead atoms. The quantitative estimate of drug-likeness (QED) is 0.320. The van der Waals surface area contributed by atoms with Gasteiger partial charge in [0, 0.05) is 35.5 Å². The Bertz CT molecular complexity index is 859. The third-order valence-electron chi connectivity index (χ3n) is 4.42. The van der Waals surface area contributed by atoms with E-state index in [1.807, 2.05) is 0 Å². The molecule has 8 nitrogen and oxygen atoms in total. The highest BCUT2D eigenvalue weighted by molar-refractivity contribution is 6.14. The summed E-state index contributed by atoms with van der Waals surface area (Å²) in [6.07, 6.45) is 5.07. The van der Waals surface area contributed by atoms with Crippen LogP contribution in [0.2, 0.25) is 0 Å². The Morgan fingerprint density at radius 3 is 2.88 bits per heavy atom. The molecule has 134 valence electrons. The van der Waals surface area contributed by atoms with Crippen LogP contribution in [0.3, 0.4) is 0 Å². The van der Waals surface area contributed by atoms with Crippen molar-refractivity contribution in [1.82, 2.24) is 4.90 Å². The maximum absolute atomic E-state index is 12.5. The fourth-order valence-corrected chi connectivity index (χ4v) is 2.90. The number of hydrogen-bond donors (Lipinski definition) is 5. The highest BCUT2D eigenvalue weighted by Gasteiger charge is 2.27. The van der Waals surface area contributed by atoms with Crippen molar-refractivity contribution in [3.63, 3.8) is 0 Å². The Morgan fingerprint density at radius 2 is 2.19 bits per heavy atom. The van der Waals surface area contributed by atoms with Gasteiger partial charge in [-0.1, -0.05) is 0 Å². The maximum atomic E-state index is 12.5. The number of rotatable bonds is 5. The number of benzene rings is 1. The molecule has 1 aliphatic heterocycles. The van der Waals surface area contributed by atoms with Crippen LogP contribution < -0.4 is 11.1 Å². The third-order valence-corrected chi connectivity index (χ3v) is 4.42. The van der Waals surface area contributed by atoms with E-state index in [9.17, 15) is 4.79 Å². The lowest BCUT2D eigenvalue weighted by Gasteiger charge is -2.30. The Hall–Kier alpha value is -3.42. The summed E-state index contributed by atoms with van der Waals surface area (Å²) in [5.74, 6) is -0.123. The first kappa shape index (κ1) is 17.4. The van der Waals surface area contributed by atoms with E-state index in [1.165, 1.54) is 17.4 Å². The van der Waals surface area contributed by atoms with Crippen LogP contribution in [0.1, 0.15) is 24.0 Å². The van der Waals surface area contributed by atoms with Crippen molar-refractivity contribution >= 4 is 35.2 Å². The predicted molar refractivity (Wildman–Crippen MR) is 100 cm³/mol. The minimum absolute atomic E-state index is 0.171. The summed E-state index contributed by atoms with van der Waals surface area (Å²) in [5.41, 5.74) is 8.30. The van der Waals surface area contributed by atoms with Gasteiger partial charge in [0.1, 0.15) is 5.84 Å². The van der Waals surface area contributed by atoms with E-state index >= 15 is 0 Å². The maximum Gasteiger partial charge on any atom is 0.229 e. The summed E-state index contributed by atoms with van der Waals surface area (Å²) in [6.45, 7) is 0.320. The van der Waals surface area contributed by atoms with Crippen LogP contribution in [-0.4, -0.2) is 35.2 Å². The molecule has 1 amide bonds. The molecule has 3 rings (SSSR count). The fourth-order valence-electron chi connectivity index (χ4n) is 2.90. The summed E-state index contributed by atoms with van der Waals surface area (Å²) in [5, 5.41) is 26.2. The van der Waals surface area contributed by atoms with Crippen LogP contribution in [0.5, 0.6) is 0 Å². The first-order valence-corrected chi connectivity index (χ1v) is 8.16. The minimum Gasteiger partial charge on any atom is -0.472 e. The number of piperidine rings is 1. The summed E-state index contributed by atoms with van der Waals surface area (Å²) in [7, 11) is 0. The summed E-state index contributed by atoms with van der Waals surface area (Å²) >= 11 is 0. The van der Waals surface area contributed by atoms with E-state index in [2.05, 4.69) is 5.32 Å². The van der Waals surface area contributed by atoms with Gasteiger partial charge in [0.05, 0.1) is 30.5 Å². The van der Waals surface area contributed by atoms with E-state index in [-0.39, 0.29) is 17.5 Å². The second-order valence-corrected chi connectivity index (χ2v) is 6.14. The molecule has 1 unspecified atom stereocenters. The van der Waals surface area contributed by atoms with Gasteiger partial charge in [0.25, 0.3) is 0 Å². The molecule has 2 aromatic rings. The lowest BCUT2D eigenvalue weighted by Crippen LogP contribution is -2.42. The number of anilines is 2. The minimum atomic E-state index is -0.306. The molecule has 8 heteroatoms. The third kappa shape index (κ3) is 3.49. The largest absolute Gasteiger partial charge is 0.472 e. The van der Waals surface area contributed by atoms with E-state index in [1.54, 1.807) is 24.3 Å². The summed E-state index contributed by atoms with van der Waals surface area (Å²) in [4.78, 5) is 14.0. The molecule has 1 aromatic carbocycles. The van der Waals surface area contributed by atoms with Gasteiger partial charge in [-0.25, -0.2) is 0 Å². The van der Waals surface area contributed by atoms with Crippen LogP contribution in [0.15, 0.2) is 41.2 Å². The number of nitrogens with zero attached hydrogens (tertiary/aromatic N) is 1. The molecule has 26 heavy (non-hydrogen) atoms. The smallest absolute Gasteiger partial charge is 0.229 e. The zero-order valence-electron chi connectivity index (χ0n) is 14.1. The number of carbonyl (C=O) groups is 1. The molecule has 0 spiro atoms. The number of carbonyl (C=O) groups excluding carboxylic acids is 1. The lowest BCUT2D eigenvalue weighted by atomic mass is 9.96. The topological polar surface area (TPSA) is 143 Å². The van der Waals surface area contributed by atoms with Crippen molar-refractivity contribution in [3.8, 4) is 0 Å². The molecule has 6 N–H and O–H groups in total. The number of amides is 1. The first-order valence-electron chi connectivity index (χ1n) is 8.16. The van der Waals surface area contributed by atoms with Crippen molar-refractivity contribution in [1.29, 1.82) is 16.2 Å². The molecular formula is C18H20N6O2. The molecule has 1 fully saturated rings. The Labute approximate surface area is 150 Å². The number of furan rings is 1. The molecule has 1 saturated heterocycles. The zero-order chi connectivity index (χ0) is 18.7. The van der Waals surface area contributed by atoms with Gasteiger partial charge in [-0.3, -0.25) is 21.0 Å². The van der Waals surface area contributed by atoms with Gasteiger partial charge in [-0.05, 0) is 30.7 Å². The average Bonchev–Trinajstić information content (AvgIpc) is 3.17. The number of likely N-dealkylation sites (tertiary alicyclic amines) is 1. The molecule has 2 heterocycles. The van der Waals surface area contributed by atoms with Gasteiger partial charge in [0.15, 0.2) is 0 Å². The van der Waals surface area contributed by atoms with E-state index in [4.69, 9.17) is 26.4 Å². The highest BCUT2D eigenvalue weighted by atomic mass is 16.3. The molecule has 0 saturated carbocycles. The molecule has 1 aliphatic rings. The molecular weight excluding hydrogens is 332 g/mol. The van der Waals surface area contributed by atoms with Crippen molar-refractivity contribution < 1.29 is 9.21 Å². The normalized spacial score (nSPS) is 17.0. The monoisotopic (exact) mass is 352 g/mol. The van der Waals surface area contributed by atoms with Crippen LogP contribution in [-0.2, 0) is 4.79 Å². The van der Waals surface area contributed by atoms with Crippen molar-refractivity contribution in [3.05, 3.63) is 47.9 Å². The molecule has 0 aliphatic carbocycles. The first-order chi connectivity index (χ1) is 12.5. The fraction of sp³-hybridized carbons (Fsp3) is 0.222. The van der Waals surface area contributed by atoms with Crippen molar-refractivity contribution in [2.45, 2.75) is 12.8 Å². The van der Waals surface area contributed by atoms with Crippen LogP contribution in [0, 0.1) is 22.1 Å². The number of nitrogens with one attached hydrogen (secondary N) is 4. The summed E-state index contributed by atoms with van der Waals surface area (Å²) < 4.78 is 5.01. The van der Waals surface area contributed by atoms with E-state index in [0.717, 1.165) is 6.34 Å². The van der Waals surface area contributed by atoms with E-state index < -0.39 is 0 Å². The number of nitrogens with two attached hydrogens (primary N) is 1. The average molecular weight is 352 g/mol. The van der Waals surface area contributed by atoms with Gasteiger partial charge in [0.2, 0.25) is 5.91 Å². The second kappa shape index (κ2) is 7.22.